The number of aryl methyl sites for hydroxylation is 3. The molecule has 0 N–H and O–H groups in total. The number of carbonyl (C=O) groups excluding carboxylic acids is 1. The predicted octanol–water partition coefficient (Wildman–Crippen LogP) is 2.53. The molecule has 0 saturated carbocycles. The second-order valence-corrected chi connectivity index (χ2v) is 5.42. The van der Waals surface area contributed by atoms with Crippen LogP contribution in [0, 0.1) is 0 Å². The first-order valence-corrected chi connectivity index (χ1v) is 8.01. The molecule has 2 rings (SSSR count). The third kappa shape index (κ3) is 4.26. The van der Waals surface area contributed by atoms with E-state index in [0.717, 1.165) is 49.3 Å². The van der Waals surface area contributed by atoms with Gasteiger partial charge in [-0.25, -0.2) is 9.50 Å². The average Bonchev–Trinajstić information content (AvgIpc) is 2.87. The Labute approximate surface area is 130 Å². The highest BCUT2D eigenvalue weighted by atomic mass is 16.5. The smallest absolute Gasteiger partial charge is 0.302 e. The summed E-state index contributed by atoms with van der Waals surface area (Å²) >= 11 is 0. The maximum atomic E-state index is 10.7. The first-order valence-electron chi connectivity index (χ1n) is 8.01. The Morgan fingerprint density at radius 2 is 1.95 bits per heavy atom. The summed E-state index contributed by atoms with van der Waals surface area (Å²) < 4.78 is 6.79. The van der Waals surface area contributed by atoms with Crippen LogP contribution in [-0.2, 0) is 28.8 Å². The van der Waals surface area contributed by atoms with Crippen molar-refractivity contribution in [2.45, 2.75) is 59.3 Å². The van der Waals surface area contributed by atoms with Gasteiger partial charge in [-0.2, -0.15) is 4.98 Å². The minimum Gasteiger partial charge on any atom is -0.466 e. The average molecular weight is 304 g/mol. The topological polar surface area (TPSA) is 69.4 Å². The van der Waals surface area contributed by atoms with Crippen LogP contribution in [0.4, 0.5) is 0 Å². The molecule has 0 fully saturated rings. The number of hydrogen-bond donors (Lipinski definition) is 0. The molecule has 6 nitrogen and oxygen atoms in total. The lowest BCUT2D eigenvalue weighted by atomic mass is 10.2. The molecular weight excluding hydrogens is 280 g/mol. The quantitative estimate of drug-likeness (QED) is 0.553. The fraction of sp³-hybridized carbons (Fsp3) is 0.625. The zero-order valence-electron chi connectivity index (χ0n) is 13.6. The number of hydrogen-bond acceptors (Lipinski definition) is 5. The molecule has 0 aliphatic heterocycles. The summed E-state index contributed by atoms with van der Waals surface area (Å²) in [7, 11) is 0. The molecular formula is C16H24N4O2. The Morgan fingerprint density at radius 3 is 2.64 bits per heavy atom. The zero-order chi connectivity index (χ0) is 15.9. The Balaban J connectivity index is 2.16. The fourth-order valence-electron chi connectivity index (χ4n) is 2.40. The first-order chi connectivity index (χ1) is 10.6. The van der Waals surface area contributed by atoms with Gasteiger partial charge in [0, 0.05) is 24.7 Å². The van der Waals surface area contributed by atoms with Gasteiger partial charge < -0.3 is 4.74 Å². The van der Waals surface area contributed by atoms with Crippen LogP contribution in [0.3, 0.4) is 0 Å². The molecule has 6 heteroatoms. The van der Waals surface area contributed by atoms with Crippen molar-refractivity contribution in [3.05, 3.63) is 23.3 Å². The van der Waals surface area contributed by atoms with E-state index in [1.165, 1.54) is 6.92 Å². The standard InChI is InChI=1S/C16H24N4O2/c1-4-7-13-11-14(8-5-2)20-16(17-13)18-15(19-20)9-6-10-22-12(3)21/h11H,4-10H2,1-3H3. The van der Waals surface area contributed by atoms with E-state index in [1.54, 1.807) is 0 Å². The number of ether oxygens (including phenoxy) is 1. The van der Waals surface area contributed by atoms with Crippen LogP contribution in [-0.4, -0.2) is 32.2 Å². The molecule has 22 heavy (non-hydrogen) atoms. The number of esters is 1. The molecule has 0 saturated heterocycles. The van der Waals surface area contributed by atoms with Crippen LogP contribution in [0.2, 0.25) is 0 Å². The Morgan fingerprint density at radius 1 is 1.18 bits per heavy atom. The van der Waals surface area contributed by atoms with Gasteiger partial charge in [-0.3, -0.25) is 4.79 Å². The molecule has 0 atom stereocenters. The molecule has 2 aromatic heterocycles. The van der Waals surface area contributed by atoms with E-state index in [0.29, 0.717) is 18.8 Å². The van der Waals surface area contributed by atoms with Crippen molar-refractivity contribution >= 4 is 11.7 Å². The largest absolute Gasteiger partial charge is 0.466 e. The molecule has 0 radical (unpaired) electrons. The van der Waals surface area contributed by atoms with E-state index in [1.807, 2.05) is 4.52 Å². The maximum Gasteiger partial charge on any atom is 0.302 e. The van der Waals surface area contributed by atoms with E-state index < -0.39 is 0 Å². The number of aromatic nitrogens is 4. The van der Waals surface area contributed by atoms with Crippen molar-refractivity contribution in [2.75, 3.05) is 6.61 Å². The van der Waals surface area contributed by atoms with Gasteiger partial charge in [0.05, 0.1) is 6.61 Å². The van der Waals surface area contributed by atoms with Gasteiger partial charge in [-0.1, -0.05) is 26.7 Å². The van der Waals surface area contributed by atoms with Gasteiger partial charge in [0.15, 0.2) is 5.82 Å². The summed E-state index contributed by atoms with van der Waals surface area (Å²) in [6, 6.07) is 2.14. The van der Waals surface area contributed by atoms with Gasteiger partial charge in [0.1, 0.15) is 0 Å². The highest BCUT2D eigenvalue weighted by Crippen LogP contribution is 2.11. The summed E-state index contributed by atoms with van der Waals surface area (Å²) in [6.45, 7) is 6.12. The van der Waals surface area contributed by atoms with Crippen molar-refractivity contribution in [1.29, 1.82) is 0 Å². The van der Waals surface area contributed by atoms with Crippen molar-refractivity contribution in [2.24, 2.45) is 0 Å². The van der Waals surface area contributed by atoms with Gasteiger partial charge in [0.25, 0.3) is 5.78 Å². The Kier molecular flexibility index (Phi) is 5.86. The lowest BCUT2D eigenvalue weighted by Crippen LogP contribution is -2.04. The lowest BCUT2D eigenvalue weighted by Gasteiger charge is -2.05. The number of nitrogens with zero attached hydrogens (tertiary/aromatic N) is 4. The third-order valence-corrected chi connectivity index (χ3v) is 3.35. The molecule has 0 aliphatic carbocycles. The number of rotatable bonds is 8. The van der Waals surface area contributed by atoms with E-state index >= 15 is 0 Å². The molecule has 0 spiro atoms. The minimum atomic E-state index is -0.251. The van der Waals surface area contributed by atoms with Gasteiger partial charge in [-0.05, 0) is 25.3 Å². The molecule has 0 aromatic carbocycles. The summed E-state index contributed by atoms with van der Waals surface area (Å²) in [6.07, 6.45) is 5.46. The van der Waals surface area contributed by atoms with Gasteiger partial charge in [-0.15, -0.1) is 5.10 Å². The summed E-state index contributed by atoms with van der Waals surface area (Å²) in [5, 5.41) is 4.55. The highest BCUT2D eigenvalue weighted by Gasteiger charge is 2.10. The zero-order valence-corrected chi connectivity index (χ0v) is 13.6. The molecule has 0 aliphatic rings. The molecule has 0 amide bonds. The second-order valence-electron chi connectivity index (χ2n) is 5.42. The molecule has 0 bridgehead atoms. The summed E-state index contributed by atoms with van der Waals surface area (Å²) in [5.41, 5.74) is 2.24. The van der Waals surface area contributed by atoms with E-state index in [4.69, 9.17) is 4.74 Å². The van der Waals surface area contributed by atoms with Crippen molar-refractivity contribution in [3.8, 4) is 0 Å². The second kappa shape index (κ2) is 7.87. The summed E-state index contributed by atoms with van der Waals surface area (Å²) in [5.74, 6) is 1.18. The van der Waals surface area contributed by atoms with Crippen LogP contribution in [0.5, 0.6) is 0 Å². The number of carbonyl (C=O) groups is 1. The van der Waals surface area contributed by atoms with Crippen LogP contribution in [0.1, 0.15) is 57.2 Å². The molecule has 2 heterocycles. The van der Waals surface area contributed by atoms with E-state index in [2.05, 4.69) is 35.0 Å². The van der Waals surface area contributed by atoms with Crippen LogP contribution in [0.15, 0.2) is 6.07 Å². The predicted molar refractivity (Wildman–Crippen MR) is 83.7 cm³/mol. The van der Waals surface area contributed by atoms with E-state index in [9.17, 15) is 4.79 Å². The SMILES string of the molecule is CCCc1cc(CCC)n2nc(CCCOC(C)=O)nc2n1. The van der Waals surface area contributed by atoms with Crippen molar-refractivity contribution in [1.82, 2.24) is 19.6 Å². The molecule has 0 unspecified atom stereocenters. The monoisotopic (exact) mass is 304 g/mol. The minimum absolute atomic E-state index is 0.251. The molecule has 120 valence electrons. The van der Waals surface area contributed by atoms with Crippen LogP contribution in [0.25, 0.3) is 5.78 Å². The third-order valence-electron chi connectivity index (χ3n) is 3.35. The van der Waals surface area contributed by atoms with E-state index in [-0.39, 0.29) is 5.97 Å². The Bertz CT molecular complexity index is 636. The first kappa shape index (κ1) is 16.4. The lowest BCUT2D eigenvalue weighted by molar-refractivity contribution is -0.141. The number of fused-ring (bicyclic) bond motifs is 1. The van der Waals surface area contributed by atoms with Crippen LogP contribution < -0.4 is 0 Å². The van der Waals surface area contributed by atoms with Crippen molar-refractivity contribution in [3.63, 3.8) is 0 Å². The van der Waals surface area contributed by atoms with Gasteiger partial charge >= 0.3 is 5.97 Å². The van der Waals surface area contributed by atoms with Gasteiger partial charge in [0.2, 0.25) is 0 Å². The fourth-order valence-corrected chi connectivity index (χ4v) is 2.40. The van der Waals surface area contributed by atoms with Crippen LogP contribution >= 0.6 is 0 Å². The maximum absolute atomic E-state index is 10.7. The Hall–Kier alpha value is -1.98. The van der Waals surface area contributed by atoms with Crippen molar-refractivity contribution < 1.29 is 9.53 Å². The normalized spacial score (nSPS) is 11.0. The molecule has 2 aromatic rings. The highest BCUT2D eigenvalue weighted by molar-refractivity contribution is 5.65. The summed E-state index contributed by atoms with van der Waals surface area (Å²) in [4.78, 5) is 19.8.